The number of halogens is 3. The SMILES string of the molecule is Cc1ccc(NC(=O)NC(=O)COc2ccc([N+](=O)[O-])cc2C(F)(F)F)cc1C. The fraction of sp³-hybridized carbons (Fsp3) is 0.222. The molecule has 154 valence electrons. The lowest BCUT2D eigenvalue weighted by Gasteiger charge is -2.13. The lowest BCUT2D eigenvalue weighted by atomic mass is 10.1. The highest BCUT2D eigenvalue weighted by Crippen LogP contribution is 2.38. The van der Waals surface area contributed by atoms with Gasteiger partial charge in [0.2, 0.25) is 0 Å². The van der Waals surface area contributed by atoms with Crippen molar-refractivity contribution in [2.75, 3.05) is 11.9 Å². The fourth-order valence-corrected chi connectivity index (χ4v) is 2.27. The number of rotatable bonds is 5. The maximum Gasteiger partial charge on any atom is 0.420 e. The minimum Gasteiger partial charge on any atom is -0.483 e. The highest BCUT2D eigenvalue weighted by atomic mass is 19.4. The quantitative estimate of drug-likeness (QED) is 0.572. The van der Waals surface area contributed by atoms with Gasteiger partial charge in [0, 0.05) is 17.8 Å². The van der Waals surface area contributed by atoms with E-state index in [2.05, 4.69) is 5.32 Å². The summed E-state index contributed by atoms with van der Waals surface area (Å²) < 4.78 is 44.0. The second-order valence-electron chi connectivity index (χ2n) is 6.03. The van der Waals surface area contributed by atoms with E-state index >= 15 is 0 Å². The smallest absolute Gasteiger partial charge is 0.420 e. The molecule has 0 aromatic heterocycles. The highest BCUT2D eigenvalue weighted by molar-refractivity contribution is 6.01. The molecular formula is C18H16F3N3O5. The van der Waals surface area contributed by atoms with Gasteiger partial charge in [-0.3, -0.25) is 20.2 Å². The largest absolute Gasteiger partial charge is 0.483 e. The van der Waals surface area contributed by atoms with Crippen molar-refractivity contribution in [3.63, 3.8) is 0 Å². The molecule has 2 rings (SSSR count). The molecular weight excluding hydrogens is 395 g/mol. The summed E-state index contributed by atoms with van der Waals surface area (Å²) in [5.74, 6) is -1.77. The molecule has 0 radical (unpaired) electrons. The number of carbonyl (C=O) groups is 2. The summed E-state index contributed by atoms with van der Waals surface area (Å²) >= 11 is 0. The molecule has 0 bridgehead atoms. The Morgan fingerprint density at radius 2 is 1.79 bits per heavy atom. The number of ether oxygens (including phenoxy) is 1. The molecule has 11 heteroatoms. The normalized spacial score (nSPS) is 10.9. The van der Waals surface area contributed by atoms with Crippen LogP contribution in [-0.2, 0) is 11.0 Å². The number of nitrogens with zero attached hydrogens (tertiary/aromatic N) is 1. The third kappa shape index (κ3) is 5.92. The van der Waals surface area contributed by atoms with Gasteiger partial charge in [-0.05, 0) is 43.2 Å². The summed E-state index contributed by atoms with van der Waals surface area (Å²) in [5.41, 5.74) is 0.161. The topological polar surface area (TPSA) is 111 Å². The molecule has 8 nitrogen and oxygen atoms in total. The van der Waals surface area contributed by atoms with Crippen LogP contribution in [0.15, 0.2) is 36.4 Å². The van der Waals surface area contributed by atoms with Gasteiger partial charge in [0.15, 0.2) is 6.61 Å². The van der Waals surface area contributed by atoms with Crippen molar-refractivity contribution in [3.8, 4) is 5.75 Å². The zero-order chi connectivity index (χ0) is 21.8. The van der Waals surface area contributed by atoms with E-state index in [4.69, 9.17) is 4.74 Å². The monoisotopic (exact) mass is 411 g/mol. The Bertz CT molecular complexity index is 960. The maximum atomic E-state index is 13.1. The van der Waals surface area contributed by atoms with Crippen molar-refractivity contribution >= 4 is 23.3 Å². The van der Waals surface area contributed by atoms with Gasteiger partial charge in [-0.15, -0.1) is 0 Å². The van der Waals surface area contributed by atoms with Gasteiger partial charge >= 0.3 is 12.2 Å². The maximum absolute atomic E-state index is 13.1. The van der Waals surface area contributed by atoms with Gasteiger partial charge in [0.25, 0.3) is 11.6 Å². The van der Waals surface area contributed by atoms with Crippen LogP contribution in [0.2, 0.25) is 0 Å². The Kier molecular flexibility index (Phi) is 6.42. The molecule has 3 amide bonds. The molecule has 0 spiro atoms. The Morgan fingerprint density at radius 3 is 2.38 bits per heavy atom. The summed E-state index contributed by atoms with van der Waals surface area (Å²) in [6.07, 6.45) is -4.93. The number of amides is 3. The van der Waals surface area contributed by atoms with E-state index in [0.717, 1.165) is 23.3 Å². The zero-order valence-corrected chi connectivity index (χ0v) is 15.3. The van der Waals surface area contributed by atoms with E-state index in [-0.39, 0.29) is 0 Å². The number of carbonyl (C=O) groups excluding carboxylic acids is 2. The van der Waals surface area contributed by atoms with Crippen molar-refractivity contribution in [1.82, 2.24) is 5.32 Å². The number of benzene rings is 2. The van der Waals surface area contributed by atoms with E-state index < -0.39 is 46.6 Å². The van der Waals surface area contributed by atoms with Crippen LogP contribution in [0, 0.1) is 24.0 Å². The minimum absolute atomic E-state index is 0.305. The Labute approximate surface area is 162 Å². The average molecular weight is 411 g/mol. The Balaban J connectivity index is 2.00. The molecule has 0 aliphatic rings. The van der Waals surface area contributed by atoms with Crippen LogP contribution < -0.4 is 15.4 Å². The summed E-state index contributed by atoms with van der Waals surface area (Å²) in [4.78, 5) is 33.3. The predicted molar refractivity (Wildman–Crippen MR) is 96.7 cm³/mol. The van der Waals surface area contributed by atoms with Crippen LogP contribution in [0.25, 0.3) is 0 Å². The van der Waals surface area contributed by atoms with Crippen LogP contribution in [0.4, 0.5) is 29.3 Å². The number of nitrogens with one attached hydrogen (secondary N) is 2. The number of urea groups is 1. The third-order valence-corrected chi connectivity index (χ3v) is 3.86. The van der Waals surface area contributed by atoms with Crippen LogP contribution in [0.3, 0.4) is 0 Å². The van der Waals surface area contributed by atoms with Crippen molar-refractivity contribution in [2.45, 2.75) is 20.0 Å². The molecule has 2 N–H and O–H groups in total. The first-order valence-electron chi connectivity index (χ1n) is 8.14. The van der Waals surface area contributed by atoms with Gasteiger partial charge in [-0.2, -0.15) is 13.2 Å². The van der Waals surface area contributed by atoms with Crippen molar-refractivity contribution in [3.05, 3.63) is 63.2 Å². The predicted octanol–water partition coefficient (Wildman–Crippen LogP) is 3.96. The van der Waals surface area contributed by atoms with Crippen LogP contribution >= 0.6 is 0 Å². The van der Waals surface area contributed by atoms with Gasteiger partial charge in [-0.25, -0.2) is 4.79 Å². The number of aryl methyl sites for hydroxylation is 2. The van der Waals surface area contributed by atoms with E-state index in [1.807, 2.05) is 19.2 Å². The Morgan fingerprint density at radius 1 is 1.10 bits per heavy atom. The van der Waals surface area contributed by atoms with Gasteiger partial charge < -0.3 is 10.1 Å². The molecule has 0 heterocycles. The van der Waals surface area contributed by atoms with Gasteiger partial charge in [0.05, 0.1) is 4.92 Å². The molecule has 2 aromatic carbocycles. The number of nitro groups is 1. The van der Waals surface area contributed by atoms with E-state index in [1.165, 1.54) is 0 Å². The molecule has 0 aliphatic heterocycles. The lowest BCUT2D eigenvalue weighted by molar-refractivity contribution is -0.385. The number of hydrogen-bond donors (Lipinski definition) is 2. The van der Waals surface area contributed by atoms with Crippen LogP contribution in [0.5, 0.6) is 5.75 Å². The molecule has 29 heavy (non-hydrogen) atoms. The number of non-ortho nitro benzene ring substituents is 1. The standard InChI is InChI=1S/C18H16F3N3O5/c1-10-3-4-12(7-11(10)2)22-17(26)23-16(25)9-29-15-6-5-13(24(27)28)8-14(15)18(19,20)21/h3-8H,9H2,1-2H3,(H2,22,23,25,26). The van der Waals surface area contributed by atoms with Crippen molar-refractivity contribution in [2.24, 2.45) is 0 Å². The first-order valence-corrected chi connectivity index (χ1v) is 8.14. The molecule has 2 aromatic rings. The third-order valence-electron chi connectivity index (χ3n) is 3.86. The van der Waals surface area contributed by atoms with E-state index in [9.17, 15) is 32.9 Å². The Hall–Kier alpha value is -3.63. The number of alkyl halides is 3. The summed E-state index contributed by atoms with van der Waals surface area (Å²) in [5, 5.41) is 15.0. The number of imide groups is 1. The summed E-state index contributed by atoms with van der Waals surface area (Å²) in [6, 6.07) is 6.04. The van der Waals surface area contributed by atoms with Crippen molar-refractivity contribution < 1.29 is 32.4 Å². The fourth-order valence-electron chi connectivity index (χ4n) is 2.27. The van der Waals surface area contributed by atoms with Crippen LogP contribution in [0.1, 0.15) is 16.7 Å². The van der Waals surface area contributed by atoms with Gasteiger partial charge in [-0.1, -0.05) is 6.07 Å². The summed E-state index contributed by atoms with van der Waals surface area (Å²) in [6.45, 7) is 2.81. The first kappa shape index (κ1) is 21.7. The lowest BCUT2D eigenvalue weighted by Crippen LogP contribution is -2.37. The molecule has 0 unspecified atom stereocenters. The van der Waals surface area contributed by atoms with Gasteiger partial charge in [0.1, 0.15) is 11.3 Å². The number of hydrogen-bond acceptors (Lipinski definition) is 5. The van der Waals surface area contributed by atoms with Crippen molar-refractivity contribution in [1.29, 1.82) is 0 Å². The average Bonchev–Trinajstić information content (AvgIpc) is 2.62. The molecule has 0 fully saturated rings. The number of anilines is 1. The second-order valence-corrected chi connectivity index (χ2v) is 6.03. The zero-order valence-electron chi connectivity index (χ0n) is 15.3. The van der Waals surface area contributed by atoms with E-state index in [0.29, 0.717) is 11.8 Å². The molecule has 0 aliphatic carbocycles. The number of nitro benzene ring substituents is 1. The van der Waals surface area contributed by atoms with Crippen LogP contribution in [-0.4, -0.2) is 23.5 Å². The van der Waals surface area contributed by atoms with E-state index in [1.54, 1.807) is 18.2 Å². The molecule has 0 saturated carbocycles. The first-order chi connectivity index (χ1) is 13.5. The minimum atomic E-state index is -4.93. The highest BCUT2D eigenvalue weighted by Gasteiger charge is 2.36. The second kappa shape index (κ2) is 8.59. The molecule has 0 saturated heterocycles. The summed E-state index contributed by atoms with van der Waals surface area (Å²) in [7, 11) is 0. The molecule has 0 atom stereocenters.